The third-order valence-electron chi connectivity index (χ3n) is 4.13. The van der Waals surface area contributed by atoms with Crippen molar-refractivity contribution in [2.75, 3.05) is 7.11 Å². The molecule has 3 rings (SSSR count). The average Bonchev–Trinajstić information content (AvgIpc) is 2.98. The van der Waals surface area contributed by atoms with E-state index in [4.69, 9.17) is 16.3 Å². The number of halogens is 1. The molecule has 2 aromatic heterocycles. The minimum Gasteiger partial charge on any atom is -0.506 e. The molecule has 0 saturated carbocycles. The first-order valence-corrected chi connectivity index (χ1v) is 9.71. The van der Waals surface area contributed by atoms with Crippen LogP contribution < -0.4 is 4.74 Å². The van der Waals surface area contributed by atoms with Gasteiger partial charge in [0.2, 0.25) is 0 Å². The van der Waals surface area contributed by atoms with Gasteiger partial charge in [-0.2, -0.15) is 0 Å². The quantitative estimate of drug-likeness (QED) is 0.727. The smallest absolute Gasteiger partial charge is 0.188 e. The highest BCUT2D eigenvalue weighted by Gasteiger charge is 2.34. The fourth-order valence-corrected chi connectivity index (χ4v) is 4.05. The predicted octanol–water partition coefficient (Wildman–Crippen LogP) is 3.94. The second-order valence-corrected chi connectivity index (χ2v) is 9.94. The lowest BCUT2D eigenvalue weighted by atomic mass is 10.1. The minimum absolute atomic E-state index is 0.0260. The molecule has 138 valence electrons. The number of fused-ring (bicyclic) bond motifs is 1. The van der Waals surface area contributed by atoms with Crippen molar-refractivity contribution < 1.29 is 18.3 Å². The lowest BCUT2D eigenvalue weighted by Gasteiger charge is -2.21. The number of aromatic nitrogens is 2. The molecule has 0 spiro atoms. The van der Waals surface area contributed by atoms with Gasteiger partial charge in [0.25, 0.3) is 0 Å². The van der Waals surface area contributed by atoms with Gasteiger partial charge in [-0.3, -0.25) is 4.40 Å². The molecule has 1 aromatic carbocycles. The molecule has 8 heteroatoms. The number of hydrogen-bond acceptors (Lipinski definition) is 5. The number of phenolic OH excluding ortho intramolecular Hbond substituents is 1. The van der Waals surface area contributed by atoms with E-state index >= 15 is 0 Å². The van der Waals surface area contributed by atoms with Crippen molar-refractivity contribution in [2.24, 2.45) is 0 Å². The number of benzene rings is 1. The van der Waals surface area contributed by atoms with Crippen LogP contribution in [-0.4, -0.2) is 34.8 Å². The van der Waals surface area contributed by atoms with Gasteiger partial charge in [0.15, 0.2) is 9.84 Å². The van der Waals surface area contributed by atoms with E-state index in [0.717, 1.165) is 0 Å². The number of ether oxygens (including phenoxy) is 1. The molecule has 0 fully saturated rings. The van der Waals surface area contributed by atoms with E-state index < -0.39 is 14.6 Å². The number of methoxy groups -OCH3 is 1. The van der Waals surface area contributed by atoms with Crippen LogP contribution in [0.25, 0.3) is 16.9 Å². The fourth-order valence-electron chi connectivity index (χ4n) is 2.56. The van der Waals surface area contributed by atoms with Crippen LogP contribution in [0.4, 0.5) is 0 Å². The molecule has 1 N–H and O–H groups in total. The topological polar surface area (TPSA) is 80.9 Å². The summed E-state index contributed by atoms with van der Waals surface area (Å²) in [6.07, 6.45) is 3.13. The molecule has 0 atom stereocenters. The van der Waals surface area contributed by atoms with Crippen molar-refractivity contribution >= 4 is 27.1 Å². The standard InChI is InChI=1S/C18H19ClN2O4S/c1-18(2,3)26(23,24)16-10-21-13(9-20-17(21)8-15(16)25-4)11-5-6-14(22)12(19)7-11/h5-10,22H,1-4H3. The fraction of sp³-hybridized carbons (Fsp3) is 0.278. The van der Waals surface area contributed by atoms with E-state index in [-0.39, 0.29) is 21.4 Å². The van der Waals surface area contributed by atoms with E-state index in [2.05, 4.69) is 4.98 Å². The Morgan fingerprint density at radius 2 is 1.92 bits per heavy atom. The third kappa shape index (κ3) is 2.91. The Labute approximate surface area is 156 Å². The van der Waals surface area contributed by atoms with E-state index in [1.165, 1.54) is 19.4 Å². The number of phenols is 1. The van der Waals surface area contributed by atoms with Crippen molar-refractivity contribution in [1.29, 1.82) is 0 Å². The van der Waals surface area contributed by atoms with E-state index in [1.807, 2.05) is 0 Å². The van der Waals surface area contributed by atoms with Gasteiger partial charge in [0, 0.05) is 17.8 Å². The zero-order valence-corrected chi connectivity index (χ0v) is 16.4. The minimum atomic E-state index is -3.64. The number of imidazole rings is 1. The normalized spacial score (nSPS) is 12.5. The Balaban J connectivity index is 2.30. The lowest BCUT2D eigenvalue weighted by Crippen LogP contribution is -2.28. The molecule has 0 aliphatic carbocycles. The van der Waals surface area contributed by atoms with E-state index in [0.29, 0.717) is 16.9 Å². The molecule has 0 radical (unpaired) electrons. The highest BCUT2D eigenvalue weighted by atomic mass is 35.5. The van der Waals surface area contributed by atoms with Crippen LogP contribution in [0.3, 0.4) is 0 Å². The molecular weight excluding hydrogens is 376 g/mol. The van der Waals surface area contributed by atoms with Crippen LogP contribution in [0.2, 0.25) is 5.02 Å². The summed E-state index contributed by atoms with van der Waals surface area (Å²) in [5, 5.41) is 9.82. The number of aromatic hydroxyl groups is 1. The average molecular weight is 395 g/mol. The predicted molar refractivity (Wildman–Crippen MR) is 101 cm³/mol. The van der Waals surface area contributed by atoms with Crippen molar-refractivity contribution in [3.63, 3.8) is 0 Å². The van der Waals surface area contributed by atoms with Gasteiger partial charge < -0.3 is 9.84 Å². The summed E-state index contributed by atoms with van der Waals surface area (Å²) in [5.41, 5.74) is 1.88. The number of hydrogen-bond donors (Lipinski definition) is 1. The van der Waals surface area contributed by atoms with Crippen molar-refractivity contribution in [3.8, 4) is 22.8 Å². The van der Waals surface area contributed by atoms with Gasteiger partial charge in [0.05, 0.1) is 28.8 Å². The molecule has 26 heavy (non-hydrogen) atoms. The molecule has 0 aliphatic heterocycles. The van der Waals surface area contributed by atoms with Crippen LogP contribution in [0, 0.1) is 0 Å². The van der Waals surface area contributed by atoms with Crippen molar-refractivity contribution in [2.45, 2.75) is 30.4 Å². The maximum Gasteiger partial charge on any atom is 0.188 e. The first-order valence-electron chi connectivity index (χ1n) is 7.85. The summed E-state index contributed by atoms with van der Waals surface area (Å²) in [6.45, 7) is 4.92. The second kappa shape index (κ2) is 6.17. The maximum atomic E-state index is 13.0. The number of nitrogens with zero attached hydrogens (tertiary/aromatic N) is 2. The summed E-state index contributed by atoms with van der Waals surface area (Å²) in [6, 6.07) is 6.35. The molecular formula is C18H19ClN2O4S. The van der Waals surface area contributed by atoms with Gasteiger partial charge in [0.1, 0.15) is 22.0 Å². The summed E-state index contributed by atoms with van der Waals surface area (Å²) < 4.78 is 31.9. The Hall–Kier alpha value is -2.25. The SMILES string of the molecule is COc1cc2ncc(-c3ccc(O)c(Cl)c3)n2cc1S(=O)(=O)C(C)(C)C. The van der Waals surface area contributed by atoms with Crippen LogP contribution in [-0.2, 0) is 9.84 Å². The van der Waals surface area contributed by atoms with E-state index in [1.54, 1.807) is 49.6 Å². The molecule has 6 nitrogen and oxygen atoms in total. The van der Waals surface area contributed by atoms with Crippen LogP contribution in [0.15, 0.2) is 41.6 Å². The number of sulfone groups is 1. The van der Waals surface area contributed by atoms with Gasteiger partial charge in [-0.05, 0) is 39.0 Å². The van der Waals surface area contributed by atoms with Crippen molar-refractivity contribution in [1.82, 2.24) is 9.38 Å². The molecule has 0 bridgehead atoms. The number of pyridine rings is 1. The van der Waals surface area contributed by atoms with Gasteiger partial charge in [-0.25, -0.2) is 13.4 Å². The molecule has 0 unspecified atom stereocenters. The molecule has 3 aromatic rings. The van der Waals surface area contributed by atoms with Crippen LogP contribution >= 0.6 is 11.6 Å². The molecule has 0 saturated heterocycles. The Morgan fingerprint density at radius 1 is 1.23 bits per heavy atom. The van der Waals surface area contributed by atoms with Crippen LogP contribution in [0.1, 0.15) is 20.8 Å². The first-order chi connectivity index (χ1) is 12.1. The number of rotatable bonds is 3. The summed E-state index contributed by atoms with van der Waals surface area (Å²) in [5.74, 6) is 0.218. The molecule has 0 aliphatic rings. The maximum absolute atomic E-state index is 13.0. The Kier molecular flexibility index (Phi) is 4.40. The molecule has 2 heterocycles. The zero-order valence-electron chi connectivity index (χ0n) is 14.8. The second-order valence-electron chi connectivity index (χ2n) is 6.86. The van der Waals surface area contributed by atoms with E-state index in [9.17, 15) is 13.5 Å². The van der Waals surface area contributed by atoms with Crippen molar-refractivity contribution in [3.05, 3.63) is 41.7 Å². The Morgan fingerprint density at radius 3 is 2.50 bits per heavy atom. The summed E-state index contributed by atoms with van der Waals surface area (Å²) in [4.78, 5) is 4.41. The van der Waals surface area contributed by atoms with Gasteiger partial charge >= 0.3 is 0 Å². The molecule has 0 amide bonds. The summed E-state index contributed by atoms with van der Waals surface area (Å²) in [7, 11) is -2.21. The first kappa shape index (κ1) is 18.5. The highest BCUT2D eigenvalue weighted by Crippen LogP contribution is 2.35. The Bertz CT molecular complexity index is 1100. The monoisotopic (exact) mass is 394 g/mol. The third-order valence-corrected chi connectivity index (χ3v) is 6.93. The highest BCUT2D eigenvalue weighted by molar-refractivity contribution is 7.92. The largest absolute Gasteiger partial charge is 0.506 e. The zero-order chi connectivity index (χ0) is 19.3. The van der Waals surface area contributed by atoms with Crippen LogP contribution in [0.5, 0.6) is 11.5 Å². The summed E-state index contributed by atoms with van der Waals surface area (Å²) >= 11 is 6.00. The van der Waals surface area contributed by atoms with Gasteiger partial charge in [-0.1, -0.05) is 11.6 Å². The van der Waals surface area contributed by atoms with Gasteiger partial charge in [-0.15, -0.1) is 0 Å². The lowest BCUT2D eigenvalue weighted by molar-refractivity contribution is 0.401.